The van der Waals surface area contributed by atoms with Crippen molar-refractivity contribution in [1.29, 1.82) is 0 Å². The topological polar surface area (TPSA) is 81.8 Å². The van der Waals surface area contributed by atoms with Gasteiger partial charge in [0.2, 0.25) is 0 Å². The van der Waals surface area contributed by atoms with E-state index in [1.165, 1.54) is 0 Å². The molecule has 0 radical (unpaired) electrons. The number of rotatable bonds is 5. The lowest BCUT2D eigenvalue weighted by atomic mass is 9.77. The normalized spacial score (nSPS) is 26.4. The Morgan fingerprint density at radius 3 is 2.56 bits per heavy atom. The number of hydrogen-bond donors (Lipinski definition) is 2. The van der Waals surface area contributed by atoms with Crippen LogP contribution < -0.4 is 10.7 Å². The van der Waals surface area contributed by atoms with Crippen molar-refractivity contribution in [3.8, 4) is 0 Å². The second-order valence-electron chi connectivity index (χ2n) is 7.87. The molecule has 1 aromatic rings. The van der Waals surface area contributed by atoms with E-state index in [0.29, 0.717) is 18.8 Å². The molecule has 1 atom stereocenters. The Morgan fingerprint density at radius 1 is 1.30 bits per heavy atom. The fraction of sp³-hybridized carbons (Fsp3) is 0.550. The number of amides is 4. The van der Waals surface area contributed by atoms with Crippen LogP contribution in [-0.4, -0.2) is 46.9 Å². The van der Waals surface area contributed by atoms with Crippen molar-refractivity contribution in [1.82, 2.24) is 20.7 Å². The molecule has 7 nitrogen and oxygen atoms in total. The molecule has 1 aliphatic carbocycles. The minimum atomic E-state index is -0.847. The van der Waals surface area contributed by atoms with Gasteiger partial charge in [0, 0.05) is 6.04 Å². The molecule has 1 saturated carbocycles. The second-order valence-corrected chi connectivity index (χ2v) is 7.87. The minimum absolute atomic E-state index is 0.0335. The van der Waals surface area contributed by atoms with Gasteiger partial charge in [-0.25, -0.2) is 4.79 Å². The van der Waals surface area contributed by atoms with Crippen LogP contribution in [0.4, 0.5) is 4.79 Å². The third-order valence-electron chi connectivity index (χ3n) is 5.86. The van der Waals surface area contributed by atoms with Gasteiger partial charge >= 0.3 is 6.03 Å². The van der Waals surface area contributed by atoms with Crippen LogP contribution in [0.3, 0.4) is 0 Å². The minimum Gasteiger partial charge on any atom is -0.322 e. The summed E-state index contributed by atoms with van der Waals surface area (Å²) in [6.45, 7) is 4.24. The van der Waals surface area contributed by atoms with Gasteiger partial charge in [-0.1, -0.05) is 37.3 Å². The zero-order valence-corrected chi connectivity index (χ0v) is 16.2. The predicted molar refractivity (Wildman–Crippen MR) is 101 cm³/mol. The summed E-state index contributed by atoms with van der Waals surface area (Å²) in [5, 5.41) is 3.67. The van der Waals surface area contributed by atoms with Crippen molar-refractivity contribution in [2.75, 3.05) is 13.6 Å². The number of imide groups is 1. The van der Waals surface area contributed by atoms with E-state index in [2.05, 4.69) is 17.7 Å². The number of hydrazine groups is 1. The lowest BCUT2D eigenvalue weighted by Gasteiger charge is -2.33. The molecule has 2 fully saturated rings. The van der Waals surface area contributed by atoms with Crippen LogP contribution in [0.1, 0.15) is 51.1 Å². The van der Waals surface area contributed by atoms with Gasteiger partial charge in [0.1, 0.15) is 5.54 Å². The highest BCUT2D eigenvalue weighted by Gasteiger charge is 2.52. The zero-order chi connectivity index (χ0) is 19.6. The van der Waals surface area contributed by atoms with Crippen molar-refractivity contribution >= 4 is 17.8 Å². The molecular formula is C20H28N4O3. The molecule has 3 rings (SSSR count). The zero-order valence-electron chi connectivity index (χ0n) is 16.2. The average molecular weight is 372 g/mol. The maximum Gasteiger partial charge on any atom is 0.344 e. The third-order valence-corrected chi connectivity index (χ3v) is 5.86. The van der Waals surface area contributed by atoms with Crippen LogP contribution >= 0.6 is 0 Å². The van der Waals surface area contributed by atoms with Crippen LogP contribution in [0.5, 0.6) is 0 Å². The van der Waals surface area contributed by atoms with E-state index in [1.807, 2.05) is 49.2 Å². The van der Waals surface area contributed by atoms with E-state index in [9.17, 15) is 14.4 Å². The summed E-state index contributed by atoms with van der Waals surface area (Å²) >= 11 is 0. The van der Waals surface area contributed by atoms with Crippen LogP contribution in [0.2, 0.25) is 0 Å². The smallest absolute Gasteiger partial charge is 0.322 e. The van der Waals surface area contributed by atoms with E-state index < -0.39 is 11.6 Å². The number of benzene rings is 1. The number of urea groups is 1. The van der Waals surface area contributed by atoms with Crippen molar-refractivity contribution in [3.05, 3.63) is 35.9 Å². The summed E-state index contributed by atoms with van der Waals surface area (Å²) < 4.78 is 0. The molecule has 1 spiro atoms. The Morgan fingerprint density at radius 2 is 1.93 bits per heavy atom. The highest BCUT2D eigenvalue weighted by molar-refractivity contribution is 6.08. The maximum absolute atomic E-state index is 12.8. The lowest BCUT2D eigenvalue weighted by molar-refractivity contribution is -0.140. The molecule has 7 heteroatoms. The first-order valence-electron chi connectivity index (χ1n) is 9.54. The number of carbonyl (C=O) groups is 3. The molecule has 4 amide bonds. The Kier molecular flexibility index (Phi) is 5.51. The number of nitrogens with one attached hydrogen (secondary N) is 2. The molecule has 0 bridgehead atoms. The number of hydrogen-bond acceptors (Lipinski definition) is 4. The SMILES string of the molecule is CC1CCC2(CC1)NC(=O)N(NC(=O)CN(C)[C@@H](C)c1ccccc1)C2=O. The van der Waals surface area contributed by atoms with Crippen molar-refractivity contribution < 1.29 is 14.4 Å². The van der Waals surface area contributed by atoms with Gasteiger partial charge in [0.05, 0.1) is 6.54 Å². The summed E-state index contributed by atoms with van der Waals surface area (Å²) in [5.41, 5.74) is 2.74. The number of nitrogens with zero attached hydrogens (tertiary/aromatic N) is 2. The summed E-state index contributed by atoms with van der Waals surface area (Å²) in [6, 6.07) is 9.36. The van der Waals surface area contributed by atoms with Crippen molar-refractivity contribution in [2.24, 2.45) is 5.92 Å². The van der Waals surface area contributed by atoms with E-state index in [4.69, 9.17) is 0 Å². The van der Waals surface area contributed by atoms with Crippen molar-refractivity contribution in [2.45, 2.75) is 51.1 Å². The van der Waals surface area contributed by atoms with Gasteiger partial charge in [-0.15, -0.1) is 0 Å². The Bertz CT molecular complexity index is 713. The fourth-order valence-corrected chi connectivity index (χ4v) is 3.83. The molecule has 1 aliphatic heterocycles. The van der Waals surface area contributed by atoms with Gasteiger partial charge in [0.25, 0.3) is 11.8 Å². The second kappa shape index (κ2) is 7.68. The Labute approximate surface area is 160 Å². The average Bonchev–Trinajstić information content (AvgIpc) is 2.88. The number of carbonyl (C=O) groups excluding carboxylic acids is 3. The quantitative estimate of drug-likeness (QED) is 0.777. The first kappa shape index (κ1) is 19.4. The van der Waals surface area contributed by atoms with Gasteiger partial charge < -0.3 is 5.32 Å². The largest absolute Gasteiger partial charge is 0.344 e. The maximum atomic E-state index is 12.8. The molecule has 1 saturated heterocycles. The van der Waals surface area contributed by atoms with Crippen LogP contribution in [-0.2, 0) is 9.59 Å². The fourth-order valence-electron chi connectivity index (χ4n) is 3.83. The molecule has 1 aromatic carbocycles. The Hall–Kier alpha value is -2.41. The molecule has 2 N–H and O–H groups in total. The van der Waals surface area contributed by atoms with Crippen molar-refractivity contribution in [3.63, 3.8) is 0 Å². The monoisotopic (exact) mass is 372 g/mol. The van der Waals surface area contributed by atoms with E-state index >= 15 is 0 Å². The van der Waals surface area contributed by atoms with Crippen LogP contribution in [0, 0.1) is 5.92 Å². The first-order chi connectivity index (χ1) is 12.8. The molecule has 2 aliphatic rings. The summed E-state index contributed by atoms with van der Waals surface area (Å²) in [6.07, 6.45) is 3.03. The molecule has 0 aromatic heterocycles. The summed E-state index contributed by atoms with van der Waals surface area (Å²) in [4.78, 5) is 39.4. The molecule has 1 heterocycles. The van der Waals surface area contributed by atoms with E-state index in [-0.39, 0.29) is 24.4 Å². The van der Waals surface area contributed by atoms with E-state index in [1.54, 1.807) is 0 Å². The summed E-state index contributed by atoms with van der Waals surface area (Å²) in [7, 11) is 1.84. The summed E-state index contributed by atoms with van der Waals surface area (Å²) in [5.74, 6) is -0.173. The van der Waals surface area contributed by atoms with Gasteiger partial charge in [0.15, 0.2) is 0 Å². The Balaban J connectivity index is 1.59. The molecular weight excluding hydrogens is 344 g/mol. The molecule has 27 heavy (non-hydrogen) atoms. The van der Waals surface area contributed by atoms with Crippen LogP contribution in [0.15, 0.2) is 30.3 Å². The standard InChI is InChI=1S/C20H28N4O3/c1-14-9-11-20(12-10-14)18(26)24(19(27)21-20)22-17(25)13-23(3)15(2)16-7-5-4-6-8-16/h4-8,14-15H,9-13H2,1-3H3,(H,21,27)(H,22,25)/t14?,15-,20?/m0/s1. The van der Waals surface area contributed by atoms with E-state index in [0.717, 1.165) is 23.4 Å². The van der Waals surface area contributed by atoms with Crippen LogP contribution in [0.25, 0.3) is 0 Å². The molecule has 146 valence electrons. The molecule has 0 unspecified atom stereocenters. The predicted octanol–water partition coefficient (Wildman–Crippen LogP) is 2.21. The highest BCUT2D eigenvalue weighted by Crippen LogP contribution is 2.35. The number of likely N-dealkylation sites (N-methyl/N-ethyl adjacent to an activating group) is 1. The first-order valence-corrected chi connectivity index (χ1v) is 9.54. The third kappa shape index (κ3) is 3.98. The van der Waals surface area contributed by atoms with Gasteiger partial charge in [-0.3, -0.25) is 19.9 Å². The highest BCUT2D eigenvalue weighted by atomic mass is 16.2. The van der Waals surface area contributed by atoms with Gasteiger partial charge in [-0.2, -0.15) is 5.01 Å². The lowest BCUT2D eigenvalue weighted by Crippen LogP contribution is -2.52. The van der Waals surface area contributed by atoms with Gasteiger partial charge in [-0.05, 0) is 51.1 Å².